The van der Waals surface area contributed by atoms with Crippen molar-refractivity contribution in [1.82, 2.24) is 5.32 Å². The first-order valence-electron chi connectivity index (χ1n) is 8.78. The Morgan fingerprint density at radius 2 is 1.62 bits per heavy atom. The van der Waals surface area contributed by atoms with Crippen molar-refractivity contribution in [2.75, 3.05) is 20.2 Å². The van der Waals surface area contributed by atoms with Crippen molar-refractivity contribution in [2.24, 2.45) is 5.41 Å². The molecule has 1 aliphatic rings. The molecule has 136 valence electrons. The molecule has 0 amide bonds. The van der Waals surface area contributed by atoms with E-state index in [1.807, 2.05) is 36.4 Å². The van der Waals surface area contributed by atoms with Gasteiger partial charge >= 0.3 is 11.9 Å². The highest BCUT2D eigenvalue weighted by molar-refractivity contribution is 5.99. The van der Waals surface area contributed by atoms with Crippen LogP contribution in [0.15, 0.2) is 48.5 Å². The van der Waals surface area contributed by atoms with Gasteiger partial charge in [-0.15, -0.1) is 0 Å². The monoisotopic (exact) mass is 353 g/mol. The van der Waals surface area contributed by atoms with Gasteiger partial charge < -0.3 is 15.2 Å². The van der Waals surface area contributed by atoms with Crippen molar-refractivity contribution in [2.45, 2.75) is 19.3 Å². The number of carbonyl (C=O) groups excluding carboxylic acids is 1. The number of ether oxygens (including phenoxy) is 1. The second-order valence-electron chi connectivity index (χ2n) is 6.60. The molecule has 0 unspecified atom stereocenters. The summed E-state index contributed by atoms with van der Waals surface area (Å²) in [5, 5.41) is 12.4. The van der Waals surface area contributed by atoms with E-state index in [-0.39, 0.29) is 25.5 Å². The second-order valence-corrected chi connectivity index (χ2v) is 6.60. The summed E-state index contributed by atoms with van der Waals surface area (Å²) in [6.45, 7) is 1.86. The lowest BCUT2D eigenvalue weighted by atomic mass is 9.85. The van der Waals surface area contributed by atoms with Crippen LogP contribution in [0.2, 0.25) is 0 Å². The largest absolute Gasteiger partial charge is 0.480 e. The Bertz CT molecular complexity index is 787. The number of nitrogens with one attached hydrogen (secondary N) is 1. The number of hydrogen-bond donors (Lipinski definition) is 2. The Labute approximate surface area is 153 Å². The molecule has 0 saturated heterocycles. The zero-order valence-corrected chi connectivity index (χ0v) is 15.0. The molecule has 3 rings (SSSR count). The van der Waals surface area contributed by atoms with Gasteiger partial charge in [0.15, 0.2) is 5.41 Å². The Balaban J connectivity index is 1.86. The summed E-state index contributed by atoms with van der Waals surface area (Å²) in [4.78, 5) is 24.4. The van der Waals surface area contributed by atoms with E-state index in [0.717, 1.165) is 22.3 Å². The fourth-order valence-corrected chi connectivity index (χ4v) is 3.69. The molecule has 2 N–H and O–H groups in total. The molecule has 0 heterocycles. The molecule has 0 spiro atoms. The average molecular weight is 353 g/mol. The molecular weight excluding hydrogens is 330 g/mol. The lowest BCUT2D eigenvalue weighted by molar-refractivity contribution is -0.169. The average Bonchev–Trinajstić information content (AvgIpc) is 2.98. The van der Waals surface area contributed by atoms with Crippen LogP contribution in [-0.4, -0.2) is 37.2 Å². The van der Waals surface area contributed by atoms with Crippen LogP contribution in [0.1, 0.15) is 30.4 Å². The van der Waals surface area contributed by atoms with Gasteiger partial charge in [0.2, 0.25) is 0 Å². The summed E-state index contributed by atoms with van der Waals surface area (Å²) in [7, 11) is 1.63. The topological polar surface area (TPSA) is 75.6 Å². The molecule has 2 aromatic carbocycles. The van der Waals surface area contributed by atoms with Gasteiger partial charge in [-0.1, -0.05) is 55.5 Å². The van der Waals surface area contributed by atoms with Crippen LogP contribution in [0.3, 0.4) is 0 Å². The Morgan fingerprint density at radius 3 is 2.08 bits per heavy atom. The van der Waals surface area contributed by atoms with Crippen LogP contribution in [0.5, 0.6) is 0 Å². The van der Waals surface area contributed by atoms with Crippen LogP contribution in [0, 0.1) is 5.41 Å². The van der Waals surface area contributed by atoms with Gasteiger partial charge in [-0.3, -0.25) is 9.59 Å². The number of rotatable bonds is 7. The molecule has 0 aromatic heterocycles. The summed E-state index contributed by atoms with van der Waals surface area (Å²) in [5.41, 5.74) is 2.92. The van der Waals surface area contributed by atoms with E-state index in [1.54, 1.807) is 14.0 Å². The van der Waals surface area contributed by atoms with Crippen molar-refractivity contribution in [3.05, 3.63) is 59.7 Å². The van der Waals surface area contributed by atoms with Crippen LogP contribution >= 0.6 is 0 Å². The normalized spacial score (nSPS) is 15.0. The highest BCUT2D eigenvalue weighted by Crippen LogP contribution is 2.44. The number of aliphatic carboxylic acids is 1. The van der Waals surface area contributed by atoms with Gasteiger partial charge in [-0.05, 0) is 35.7 Å². The molecule has 1 aliphatic carbocycles. The van der Waals surface area contributed by atoms with Crippen LogP contribution in [0.4, 0.5) is 0 Å². The molecule has 26 heavy (non-hydrogen) atoms. The molecule has 5 heteroatoms. The number of carboxylic acid groups (broad SMARTS) is 1. The number of hydrogen-bond acceptors (Lipinski definition) is 4. The van der Waals surface area contributed by atoms with E-state index in [1.165, 1.54) is 0 Å². The molecule has 0 bridgehead atoms. The molecule has 0 saturated carbocycles. The van der Waals surface area contributed by atoms with E-state index >= 15 is 0 Å². The van der Waals surface area contributed by atoms with Crippen molar-refractivity contribution in [1.29, 1.82) is 0 Å². The van der Waals surface area contributed by atoms with Gasteiger partial charge in [0, 0.05) is 12.5 Å². The van der Waals surface area contributed by atoms with Gasteiger partial charge in [0.25, 0.3) is 0 Å². The van der Waals surface area contributed by atoms with E-state index in [4.69, 9.17) is 4.74 Å². The third-order valence-corrected chi connectivity index (χ3v) is 5.23. The van der Waals surface area contributed by atoms with Gasteiger partial charge in [-0.2, -0.15) is 0 Å². The number of fused-ring (bicyclic) bond motifs is 3. The van der Waals surface area contributed by atoms with Crippen molar-refractivity contribution in [3.8, 4) is 11.1 Å². The number of esters is 1. The molecule has 1 atom stereocenters. The zero-order valence-electron chi connectivity index (χ0n) is 15.0. The minimum absolute atomic E-state index is 0.0372. The summed E-state index contributed by atoms with van der Waals surface area (Å²) < 4.78 is 5.55. The van der Waals surface area contributed by atoms with E-state index in [2.05, 4.69) is 17.4 Å². The van der Waals surface area contributed by atoms with Gasteiger partial charge in [0.05, 0.1) is 0 Å². The smallest absolute Gasteiger partial charge is 0.324 e. The molecule has 0 fully saturated rings. The summed E-state index contributed by atoms with van der Waals surface area (Å²) in [6, 6.07) is 16.1. The molecular formula is C21H23NO4. The maximum Gasteiger partial charge on any atom is 0.324 e. The van der Waals surface area contributed by atoms with Gasteiger partial charge in [-0.25, -0.2) is 0 Å². The van der Waals surface area contributed by atoms with E-state index < -0.39 is 17.4 Å². The SMILES string of the molecule is CC[C@](CNC)(C(=O)O)C(=O)OCC1c2ccccc2-c2ccccc21. The molecule has 0 radical (unpaired) electrons. The number of carboxylic acids is 1. The Kier molecular flexibility index (Phi) is 5.09. The Morgan fingerprint density at radius 1 is 1.08 bits per heavy atom. The number of benzene rings is 2. The van der Waals surface area contributed by atoms with Crippen LogP contribution in [0.25, 0.3) is 11.1 Å². The predicted octanol–water partition coefficient (Wildman–Crippen LogP) is 3.04. The van der Waals surface area contributed by atoms with Crippen molar-refractivity contribution in [3.63, 3.8) is 0 Å². The third-order valence-electron chi connectivity index (χ3n) is 5.23. The molecule has 5 nitrogen and oxygen atoms in total. The summed E-state index contributed by atoms with van der Waals surface area (Å²) in [5.74, 6) is -1.93. The van der Waals surface area contributed by atoms with Crippen molar-refractivity contribution >= 4 is 11.9 Å². The van der Waals surface area contributed by atoms with E-state index in [9.17, 15) is 14.7 Å². The Hall–Kier alpha value is -2.66. The minimum Gasteiger partial charge on any atom is -0.480 e. The fraction of sp³-hybridized carbons (Fsp3) is 0.333. The van der Waals surface area contributed by atoms with Gasteiger partial charge in [0.1, 0.15) is 6.61 Å². The highest BCUT2D eigenvalue weighted by Gasteiger charge is 2.46. The zero-order chi connectivity index (χ0) is 18.7. The van der Waals surface area contributed by atoms with E-state index in [0.29, 0.717) is 0 Å². The summed E-state index contributed by atoms with van der Waals surface area (Å²) >= 11 is 0. The standard InChI is InChI=1S/C21H23NO4/c1-3-21(13-22-2,19(23)24)20(25)26-12-18-16-10-6-4-8-14(16)15-9-5-7-11-17(15)18/h4-11,18,22H,3,12-13H2,1-2H3,(H,23,24)/t21-/m0/s1. The highest BCUT2D eigenvalue weighted by atomic mass is 16.5. The minimum atomic E-state index is -1.56. The second kappa shape index (κ2) is 7.30. The maximum absolute atomic E-state index is 12.7. The van der Waals surface area contributed by atoms with Crippen LogP contribution < -0.4 is 5.32 Å². The third kappa shape index (κ3) is 2.88. The van der Waals surface area contributed by atoms with Crippen LogP contribution in [-0.2, 0) is 14.3 Å². The first-order valence-corrected chi connectivity index (χ1v) is 8.78. The fourth-order valence-electron chi connectivity index (χ4n) is 3.69. The maximum atomic E-state index is 12.7. The number of carbonyl (C=O) groups is 2. The molecule has 2 aromatic rings. The van der Waals surface area contributed by atoms with Crippen molar-refractivity contribution < 1.29 is 19.4 Å². The lowest BCUT2D eigenvalue weighted by Crippen LogP contribution is -2.47. The predicted molar refractivity (Wildman–Crippen MR) is 99.0 cm³/mol. The lowest BCUT2D eigenvalue weighted by Gasteiger charge is -2.26. The first-order chi connectivity index (χ1) is 12.5. The quantitative estimate of drug-likeness (QED) is 0.591. The first kappa shape index (κ1) is 18.1. The molecule has 0 aliphatic heterocycles. The summed E-state index contributed by atoms with van der Waals surface area (Å²) in [6.07, 6.45) is 0.167.